The lowest BCUT2D eigenvalue weighted by Gasteiger charge is -2.19. The van der Waals surface area contributed by atoms with Crippen LogP contribution in [-0.2, 0) is 9.59 Å². The average molecular weight is 269 g/mol. The predicted molar refractivity (Wildman–Crippen MR) is 68.5 cm³/mol. The van der Waals surface area contributed by atoms with E-state index in [4.69, 9.17) is 5.11 Å². The standard InChI is InChI=1S/C12H19N3O4/c1-3-5-13-11(19)14-9(16)7-15-6-4-12(2,8-15)10(17)18/h3H,1,4-8H2,2H3,(H,17,18)(H2,13,14,16,19). The van der Waals surface area contributed by atoms with Crippen LogP contribution in [0.5, 0.6) is 0 Å². The molecule has 0 aromatic heterocycles. The average Bonchev–Trinajstić information content (AvgIpc) is 2.69. The smallest absolute Gasteiger partial charge is 0.321 e. The minimum Gasteiger partial charge on any atom is -0.481 e. The summed E-state index contributed by atoms with van der Waals surface area (Å²) in [5, 5.41) is 13.7. The number of carbonyl (C=O) groups excluding carboxylic acids is 2. The summed E-state index contributed by atoms with van der Waals surface area (Å²) in [4.78, 5) is 35.6. The topological polar surface area (TPSA) is 98.7 Å². The minimum absolute atomic E-state index is 0.0182. The highest BCUT2D eigenvalue weighted by atomic mass is 16.4. The number of nitrogens with zero attached hydrogens (tertiary/aromatic N) is 1. The van der Waals surface area contributed by atoms with Gasteiger partial charge in [0.2, 0.25) is 5.91 Å². The van der Waals surface area contributed by atoms with E-state index in [0.717, 1.165) is 0 Å². The van der Waals surface area contributed by atoms with Gasteiger partial charge in [0.05, 0.1) is 12.0 Å². The van der Waals surface area contributed by atoms with Crippen LogP contribution in [-0.4, -0.2) is 54.1 Å². The summed E-state index contributed by atoms with van der Waals surface area (Å²) in [6.07, 6.45) is 2.00. The second kappa shape index (κ2) is 6.33. The Bertz CT molecular complexity index is 396. The van der Waals surface area contributed by atoms with Crippen molar-refractivity contribution in [2.75, 3.05) is 26.2 Å². The normalized spacial score (nSPS) is 22.8. The molecule has 1 aliphatic rings. The fraction of sp³-hybridized carbons (Fsp3) is 0.583. The van der Waals surface area contributed by atoms with Gasteiger partial charge >= 0.3 is 12.0 Å². The van der Waals surface area contributed by atoms with Crippen LogP contribution < -0.4 is 10.6 Å². The maximum absolute atomic E-state index is 11.6. The third-order valence-electron chi connectivity index (χ3n) is 3.10. The van der Waals surface area contributed by atoms with E-state index in [2.05, 4.69) is 17.2 Å². The van der Waals surface area contributed by atoms with Crippen LogP contribution in [0, 0.1) is 5.41 Å². The Morgan fingerprint density at radius 2 is 2.16 bits per heavy atom. The van der Waals surface area contributed by atoms with Crippen molar-refractivity contribution in [2.24, 2.45) is 5.41 Å². The number of carboxylic acid groups (broad SMARTS) is 1. The first-order valence-electron chi connectivity index (χ1n) is 6.02. The van der Waals surface area contributed by atoms with Gasteiger partial charge in [-0.1, -0.05) is 6.08 Å². The first-order valence-corrected chi connectivity index (χ1v) is 6.02. The first-order chi connectivity index (χ1) is 8.87. The van der Waals surface area contributed by atoms with Crippen molar-refractivity contribution in [1.82, 2.24) is 15.5 Å². The van der Waals surface area contributed by atoms with E-state index in [9.17, 15) is 14.4 Å². The molecule has 0 saturated carbocycles. The SMILES string of the molecule is C=CCNC(=O)NC(=O)CN1CCC(C)(C(=O)O)C1. The molecule has 106 valence electrons. The first kappa shape index (κ1) is 15.2. The fourth-order valence-electron chi connectivity index (χ4n) is 1.94. The van der Waals surface area contributed by atoms with Crippen molar-refractivity contribution in [1.29, 1.82) is 0 Å². The van der Waals surface area contributed by atoms with Crippen LogP contribution in [0.4, 0.5) is 4.79 Å². The number of aliphatic carboxylic acids is 1. The second-order valence-corrected chi connectivity index (χ2v) is 4.87. The van der Waals surface area contributed by atoms with Crippen molar-refractivity contribution < 1.29 is 19.5 Å². The Kier molecular flexibility index (Phi) is 5.05. The highest BCUT2D eigenvalue weighted by Gasteiger charge is 2.40. The van der Waals surface area contributed by atoms with Gasteiger partial charge in [0.15, 0.2) is 0 Å². The maximum atomic E-state index is 11.6. The molecule has 1 heterocycles. The largest absolute Gasteiger partial charge is 0.481 e. The van der Waals surface area contributed by atoms with Gasteiger partial charge < -0.3 is 10.4 Å². The number of likely N-dealkylation sites (tertiary alicyclic amines) is 1. The van der Waals surface area contributed by atoms with Crippen LogP contribution in [0.1, 0.15) is 13.3 Å². The zero-order valence-electron chi connectivity index (χ0n) is 10.9. The summed E-state index contributed by atoms with van der Waals surface area (Å²) in [7, 11) is 0. The molecule has 3 N–H and O–H groups in total. The summed E-state index contributed by atoms with van der Waals surface area (Å²) in [6.45, 7) is 6.23. The molecule has 7 nitrogen and oxygen atoms in total. The van der Waals surface area contributed by atoms with E-state index < -0.39 is 23.3 Å². The summed E-state index contributed by atoms with van der Waals surface area (Å²) >= 11 is 0. The van der Waals surface area contributed by atoms with Gasteiger partial charge in [0, 0.05) is 13.1 Å². The Hall–Kier alpha value is -1.89. The molecule has 1 fully saturated rings. The summed E-state index contributed by atoms with van der Waals surface area (Å²) in [5.41, 5.74) is -0.814. The molecule has 0 radical (unpaired) electrons. The van der Waals surface area contributed by atoms with E-state index in [1.807, 2.05) is 0 Å². The predicted octanol–water partition coefficient (Wildman–Crippen LogP) is -0.205. The Morgan fingerprint density at radius 3 is 2.68 bits per heavy atom. The number of hydrogen-bond acceptors (Lipinski definition) is 4. The lowest BCUT2D eigenvalue weighted by Crippen LogP contribution is -2.44. The molecule has 1 aliphatic heterocycles. The molecule has 7 heteroatoms. The Morgan fingerprint density at radius 1 is 1.47 bits per heavy atom. The van der Waals surface area contributed by atoms with Crippen LogP contribution in [0.2, 0.25) is 0 Å². The third kappa shape index (κ3) is 4.36. The van der Waals surface area contributed by atoms with Crippen LogP contribution in [0.25, 0.3) is 0 Å². The Labute approximate surface area is 111 Å². The van der Waals surface area contributed by atoms with E-state index in [0.29, 0.717) is 19.5 Å². The van der Waals surface area contributed by atoms with Crippen LogP contribution in [0.15, 0.2) is 12.7 Å². The van der Waals surface area contributed by atoms with Gasteiger partial charge in [-0.15, -0.1) is 6.58 Å². The quantitative estimate of drug-likeness (QED) is 0.600. The highest BCUT2D eigenvalue weighted by Crippen LogP contribution is 2.29. The molecule has 0 spiro atoms. The number of carbonyl (C=O) groups is 3. The molecular formula is C12H19N3O4. The van der Waals surface area contributed by atoms with E-state index >= 15 is 0 Å². The molecule has 19 heavy (non-hydrogen) atoms. The number of imide groups is 1. The van der Waals surface area contributed by atoms with E-state index in [-0.39, 0.29) is 13.1 Å². The van der Waals surface area contributed by atoms with Crippen molar-refractivity contribution in [3.63, 3.8) is 0 Å². The van der Waals surface area contributed by atoms with Crippen LogP contribution >= 0.6 is 0 Å². The van der Waals surface area contributed by atoms with Crippen molar-refractivity contribution >= 4 is 17.9 Å². The fourth-order valence-corrected chi connectivity index (χ4v) is 1.94. The lowest BCUT2D eigenvalue weighted by molar-refractivity contribution is -0.147. The molecule has 0 aromatic rings. The zero-order chi connectivity index (χ0) is 14.5. The molecular weight excluding hydrogens is 250 g/mol. The number of amides is 3. The minimum atomic E-state index is -0.862. The molecule has 3 amide bonds. The highest BCUT2D eigenvalue weighted by molar-refractivity contribution is 5.95. The van der Waals surface area contributed by atoms with Crippen molar-refractivity contribution in [3.8, 4) is 0 Å². The maximum Gasteiger partial charge on any atom is 0.321 e. The molecule has 1 saturated heterocycles. The van der Waals surface area contributed by atoms with Gasteiger partial charge in [-0.2, -0.15) is 0 Å². The monoisotopic (exact) mass is 269 g/mol. The van der Waals surface area contributed by atoms with Crippen molar-refractivity contribution in [3.05, 3.63) is 12.7 Å². The zero-order valence-corrected chi connectivity index (χ0v) is 10.9. The van der Waals surface area contributed by atoms with Gasteiger partial charge in [-0.3, -0.25) is 19.8 Å². The molecule has 1 unspecified atom stereocenters. The number of urea groups is 1. The van der Waals surface area contributed by atoms with E-state index in [1.54, 1.807) is 11.8 Å². The summed E-state index contributed by atoms with van der Waals surface area (Å²) in [5.74, 6) is -1.31. The van der Waals surface area contributed by atoms with Crippen LogP contribution in [0.3, 0.4) is 0 Å². The second-order valence-electron chi connectivity index (χ2n) is 4.87. The van der Waals surface area contributed by atoms with Gasteiger partial charge in [-0.05, 0) is 19.9 Å². The van der Waals surface area contributed by atoms with Gasteiger partial charge in [0.1, 0.15) is 0 Å². The summed E-state index contributed by atoms with van der Waals surface area (Å²) in [6, 6.07) is -0.579. The number of nitrogens with one attached hydrogen (secondary N) is 2. The summed E-state index contributed by atoms with van der Waals surface area (Å²) < 4.78 is 0. The van der Waals surface area contributed by atoms with Crippen molar-refractivity contribution in [2.45, 2.75) is 13.3 Å². The molecule has 1 rings (SSSR count). The molecule has 0 bridgehead atoms. The van der Waals surface area contributed by atoms with Gasteiger partial charge in [0.25, 0.3) is 0 Å². The number of hydrogen-bond donors (Lipinski definition) is 3. The van der Waals surface area contributed by atoms with Gasteiger partial charge in [-0.25, -0.2) is 4.79 Å². The molecule has 1 atom stereocenters. The third-order valence-corrected chi connectivity index (χ3v) is 3.10. The number of carboxylic acids is 1. The van der Waals surface area contributed by atoms with E-state index in [1.165, 1.54) is 6.08 Å². The number of rotatable bonds is 5. The molecule has 0 aromatic carbocycles. The molecule has 0 aliphatic carbocycles. The lowest BCUT2D eigenvalue weighted by atomic mass is 9.90. The Balaban J connectivity index is 2.36.